The molecule has 2 nitrogen and oxygen atoms in total. The summed E-state index contributed by atoms with van der Waals surface area (Å²) in [5.41, 5.74) is 10.0. The fraction of sp³-hybridized carbons (Fsp3) is 0. The van der Waals surface area contributed by atoms with E-state index in [1.807, 2.05) is 23.5 Å². The highest BCUT2D eigenvalue weighted by atomic mass is 32.1. The van der Waals surface area contributed by atoms with Crippen molar-refractivity contribution in [3.63, 3.8) is 0 Å². The first-order valence-electron chi connectivity index (χ1n) is 15.2. The molecule has 0 saturated carbocycles. The number of furan rings is 1. The average Bonchev–Trinajstić information content (AvgIpc) is 3.68. The van der Waals surface area contributed by atoms with Crippen LogP contribution in [-0.4, -0.2) is 0 Å². The van der Waals surface area contributed by atoms with E-state index >= 15 is 0 Å². The molecule has 0 saturated heterocycles. The number of thiophene rings is 1. The lowest BCUT2D eigenvalue weighted by Gasteiger charge is -2.26. The molecule has 45 heavy (non-hydrogen) atoms. The van der Waals surface area contributed by atoms with Crippen molar-refractivity contribution in [1.29, 1.82) is 0 Å². The minimum absolute atomic E-state index is 0.896. The minimum atomic E-state index is 0.896. The summed E-state index contributed by atoms with van der Waals surface area (Å²) in [6.45, 7) is 0. The Morgan fingerprint density at radius 1 is 0.422 bits per heavy atom. The molecule has 9 aromatic rings. The SMILES string of the molecule is c1ccc(-c2ccccc2-c2ccc(N(c3ccc4oc5ccccc5c4c3)c3cccc4c3sc3ccccc34)cc2)cc1. The normalized spacial score (nSPS) is 11.6. The number of fused-ring (bicyclic) bond motifs is 6. The molecule has 0 spiro atoms. The number of nitrogens with zero attached hydrogens (tertiary/aromatic N) is 1. The Balaban J connectivity index is 1.24. The Bertz CT molecular complexity index is 2490. The van der Waals surface area contributed by atoms with Crippen LogP contribution in [0, 0.1) is 0 Å². The van der Waals surface area contributed by atoms with Gasteiger partial charge in [0.15, 0.2) is 0 Å². The van der Waals surface area contributed by atoms with Crippen LogP contribution in [-0.2, 0) is 0 Å². The van der Waals surface area contributed by atoms with E-state index in [1.54, 1.807) is 0 Å². The van der Waals surface area contributed by atoms with Gasteiger partial charge in [0.05, 0.1) is 10.4 Å². The molecule has 0 atom stereocenters. The third kappa shape index (κ3) is 4.32. The lowest BCUT2D eigenvalue weighted by molar-refractivity contribution is 0.669. The van der Waals surface area contributed by atoms with E-state index in [1.165, 1.54) is 48.1 Å². The number of anilines is 3. The Kier molecular flexibility index (Phi) is 6.03. The van der Waals surface area contributed by atoms with Crippen LogP contribution in [0.2, 0.25) is 0 Å². The lowest BCUT2D eigenvalue weighted by atomic mass is 9.94. The summed E-state index contributed by atoms with van der Waals surface area (Å²) in [7, 11) is 0. The third-order valence-corrected chi connectivity index (χ3v) is 9.90. The molecule has 0 aliphatic rings. The second kappa shape index (κ2) is 10.5. The molecule has 0 aliphatic carbocycles. The maximum Gasteiger partial charge on any atom is 0.135 e. The van der Waals surface area contributed by atoms with E-state index < -0.39 is 0 Å². The van der Waals surface area contributed by atoms with Crippen molar-refractivity contribution < 1.29 is 4.42 Å². The zero-order chi connectivity index (χ0) is 29.7. The van der Waals surface area contributed by atoms with Gasteiger partial charge in [-0.1, -0.05) is 115 Å². The van der Waals surface area contributed by atoms with E-state index in [0.717, 1.165) is 33.3 Å². The van der Waals surface area contributed by atoms with Gasteiger partial charge in [0.25, 0.3) is 0 Å². The van der Waals surface area contributed by atoms with Crippen molar-refractivity contribution in [3.05, 3.63) is 164 Å². The van der Waals surface area contributed by atoms with Crippen molar-refractivity contribution in [2.75, 3.05) is 4.90 Å². The monoisotopic (exact) mass is 593 g/mol. The van der Waals surface area contributed by atoms with Gasteiger partial charge in [0.2, 0.25) is 0 Å². The number of rotatable bonds is 5. The van der Waals surface area contributed by atoms with E-state index in [9.17, 15) is 0 Å². The van der Waals surface area contributed by atoms with Gasteiger partial charge in [-0.15, -0.1) is 11.3 Å². The molecule has 0 amide bonds. The van der Waals surface area contributed by atoms with E-state index in [2.05, 4.69) is 157 Å². The van der Waals surface area contributed by atoms with Gasteiger partial charge in [-0.25, -0.2) is 0 Å². The molecule has 2 aromatic heterocycles. The van der Waals surface area contributed by atoms with Crippen LogP contribution in [0.15, 0.2) is 168 Å². The Hall–Kier alpha value is -5.64. The van der Waals surface area contributed by atoms with Crippen molar-refractivity contribution >= 4 is 70.5 Å². The van der Waals surface area contributed by atoms with Gasteiger partial charge < -0.3 is 9.32 Å². The highest BCUT2D eigenvalue weighted by Gasteiger charge is 2.20. The molecule has 3 heteroatoms. The summed E-state index contributed by atoms with van der Waals surface area (Å²) in [4.78, 5) is 2.39. The van der Waals surface area contributed by atoms with Gasteiger partial charge in [0.1, 0.15) is 11.2 Å². The molecule has 0 aliphatic heterocycles. The standard InChI is InChI=1S/C42H27NOS/c1-2-11-28(12-3-1)32-13-4-5-14-33(32)29-21-23-30(24-22-29)43(31-25-26-40-37(27-31)34-15-6-8-19-39(34)44-40)38-18-10-17-36-35-16-7-9-20-41(35)45-42(36)38/h1-27H. The lowest BCUT2D eigenvalue weighted by Crippen LogP contribution is -2.10. The number of hydrogen-bond donors (Lipinski definition) is 0. The van der Waals surface area contributed by atoms with E-state index in [0.29, 0.717) is 0 Å². The maximum atomic E-state index is 6.20. The maximum absolute atomic E-state index is 6.20. The molecule has 2 heterocycles. The van der Waals surface area contributed by atoms with Crippen LogP contribution in [0.4, 0.5) is 17.1 Å². The summed E-state index contributed by atoms with van der Waals surface area (Å²) in [6, 6.07) is 58.5. The van der Waals surface area contributed by atoms with Crippen LogP contribution in [0.5, 0.6) is 0 Å². The van der Waals surface area contributed by atoms with Crippen LogP contribution in [0.25, 0.3) is 64.4 Å². The Labute approximate surface area is 265 Å². The van der Waals surface area contributed by atoms with Gasteiger partial charge in [-0.3, -0.25) is 0 Å². The molecule has 7 aromatic carbocycles. The van der Waals surface area contributed by atoms with Crippen molar-refractivity contribution in [2.24, 2.45) is 0 Å². The molecule has 0 unspecified atom stereocenters. The Morgan fingerprint density at radius 2 is 1.04 bits per heavy atom. The zero-order valence-electron chi connectivity index (χ0n) is 24.4. The quantitative estimate of drug-likeness (QED) is 0.197. The summed E-state index contributed by atoms with van der Waals surface area (Å²) in [5.74, 6) is 0. The molecular formula is C42H27NOS. The van der Waals surface area contributed by atoms with Gasteiger partial charge >= 0.3 is 0 Å². The second-order valence-electron chi connectivity index (χ2n) is 11.3. The average molecular weight is 594 g/mol. The predicted molar refractivity (Wildman–Crippen MR) is 192 cm³/mol. The number of benzene rings is 7. The molecule has 0 N–H and O–H groups in total. The highest BCUT2D eigenvalue weighted by molar-refractivity contribution is 7.26. The fourth-order valence-electron chi connectivity index (χ4n) is 6.58. The van der Waals surface area contributed by atoms with E-state index in [-0.39, 0.29) is 0 Å². The summed E-state index contributed by atoms with van der Waals surface area (Å²) < 4.78 is 8.77. The predicted octanol–water partition coefficient (Wildman–Crippen LogP) is 12.8. The second-order valence-corrected chi connectivity index (χ2v) is 12.4. The van der Waals surface area contributed by atoms with Crippen molar-refractivity contribution in [3.8, 4) is 22.3 Å². The third-order valence-electron chi connectivity index (χ3n) is 8.69. The van der Waals surface area contributed by atoms with Gasteiger partial charge in [-0.05, 0) is 70.8 Å². The Morgan fingerprint density at radius 3 is 1.87 bits per heavy atom. The van der Waals surface area contributed by atoms with Crippen LogP contribution >= 0.6 is 11.3 Å². The van der Waals surface area contributed by atoms with Crippen molar-refractivity contribution in [2.45, 2.75) is 0 Å². The van der Waals surface area contributed by atoms with Crippen LogP contribution < -0.4 is 4.90 Å². The minimum Gasteiger partial charge on any atom is -0.456 e. The van der Waals surface area contributed by atoms with Gasteiger partial charge in [-0.2, -0.15) is 0 Å². The first-order valence-corrected chi connectivity index (χ1v) is 16.0. The number of hydrogen-bond acceptors (Lipinski definition) is 3. The van der Waals surface area contributed by atoms with Crippen LogP contribution in [0.1, 0.15) is 0 Å². The molecule has 0 fully saturated rings. The molecule has 9 rings (SSSR count). The topological polar surface area (TPSA) is 16.4 Å². The zero-order valence-corrected chi connectivity index (χ0v) is 25.2. The van der Waals surface area contributed by atoms with Crippen molar-refractivity contribution in [1.82, 2.24) is 0 Å². The van der Waals surface area contributed by atoms with E-state index in [4.69, 9.17) is 4.42 Å². The van der Waals surface area contributed by atoms with Crippen LogP contribution in [0.3, 0.4) is 0 Å². The molecule has 0 bridgehead atoms. The fourth-order valence-corrected chi connectivity index (χ4v) is 7.79. The molecular weight excluding hydrogens is 567 g/mol. The molecule has 212 valence electrons. The summed E-state index contributed by atoms with van der Waals surface area (Å²) >= 11 is 1.85. The summed E-state index contributed by atoms with van der Waals surface area (Å²) in [5, 5.41) is 4.82. The highest BCUT2D eigenvalue weighted by Crippen LogP contribution is 2.46. The summed E-state index contributed by atoms with van der Waals surface area (Å²) in [6.07, 6.45) is 0. The largest absolute Gasteiger partial charge is 0.456 e. The smallest absolute Gasteiger partial charge is 0.135 e. The first kappa shape index (κ1) is 25.8. The first-order chi connectivity index (χ1) is 22.3. The molecule has 0 radical (unpaired) electrons. The number of para-hydroxylation sites is 1. The van der Waals surface area contributed by atoms with Gasteiger partial charge in [0, 0.05) is 37.6 Å².